The summed E-state index contributed by atoms with van der Waals surface area (Å²) in [4.78, 5) is 14.3. The minimum Gasteiger partial charge on any atom is -0.489 e. The van der Waals surface area contributed by atoms with Crippen molar-refractivity contribution in [2.45, 2.75) is 12.5 Å². The molecule has 4 aromatic rings. The van der Waals surface area contributed by atoms with E-state index in [-0.39, 0.29) is 17.4 Å². The number of halogens is 1. The predicted octanol–water partition coefficient (Wildman–Crippen LogP) is 5.81. The van der Waals surface area contributed by atoms with Crippen molar-refractivity contribution in [3.8, 4) is 5.75 Å². The van der Waals surface area contributed by atoms with Crippen LogP contribution in [0.1, 0.15) is 22.6 Å². The van der Waals surface area contributed by atoms with Gasteiger partial charge in [-0.1, -0.05) is 54.1 Å². The molecule has 0 unspecified atom stereocenters. The minimum absolute atomic E-state index is 0.174. The molecule has 5 nitrogen and oxygen atoms in total. The van der Waals surface area contributed by atoms with E-state index in [1.165, 1.54) is 0 Å². The lowest BCUT2D eigenvalue weighted by molar-refractivity contribution is -0.481. The normalized spacial score (nSPS) is 12.0. The van der Waals surface area contributed by atoms with Crippen LogP contribution in [0.4, 0.5) is 0 Å². The predicted molar refractivity (Wildman–Crippen MR) is 114 cm³/mol. The van der Waals surface area contributed by atoms with Crippen LogP contribution >= 0.6 is 11.6 Å². The Hall–Kier alpha value is -3.31. The van der Waals surface area contributed by atoms with E-state index in [1.807, 2.05) is 79.0 Å². The van der Waals surface area contributed by atoms with Crippen LogP contribution in [-0.2, 0) is 6.61 Å². The van der Waals surface area contributed by atoms with Gasteiger partial charge in [-0.3, -0.25) is 10.1 Å². The largest absolute Gasteiger partial charge is 0.489 e. The van der Waals surface area contributed by atoms with Crippen molar-refractivity contribution < 1.29 is 9.66 Å². The Morgan fingerprint density at radius 2 is 1.72 bits per heavy atom. The fraction of sp³-hybridized carbons (Fsp3) is 0.130. The van der Waals surface area contributed by atoms with Gasteiger partial charge in [-0.25, -0.2) is 0 Å². The molecule has 0 spiro atoms. The zero-order valence-electron chi connectivity index (χ0n) is 15.5. The highest BCUT2D eigenvalue weighted by Crippen LogP contribution is 2.32. The van der Waals surface area contributed by atoms with Crippen LogP contribution in [0.15, 0.2) is 79.0 Å². The highest BCUT2D eigenvalue weighted by atomic mass is 35.5. The number of nitro groups is 1. The molecular weight excluding hydrogens is 388 g/mol. The third-order valence-corrected chi connectivity index (χ3v) is 5.18. The molecule has 0 aliphatic carbocycles. The van der Waals surface area contributed by atoms with Gasteiger partial charge in [0.2, 0.25) is 6.54 Å². The van der Waals surface area contributed by atoms with Gasteiger partial charge in [0.05, 0.1) is 5.92 Å². The molecule has 6 heteroatoms. The summed E-state index contributed by atoms with van der Waals surface area (Å²) >= 11 is 5.90. The minimum atomic E-state index is -0.341. The Kier molecular flexibility index (Phi) is 5.49. The highest BCUT2D eigenvalue weighted by Gasteiger charge is 2.23. The molecule has 0 radical (unpaired) electrons. The second kappa shape index (κ2) is 8.37. The Morgan fingerprint density at radius 1 is 1.00 bits per heavy atom. The first kappa shape index (κ1) is 19.0. The zero-order chi connectivity index (χ0) is 20.2. The number of hydrogen-bond acceptors (Lipinski definition) is 3. The molecule has 1 heterocycles. The Labute approximate surface area is 173 Å². The van der Waals surface area contributed by atoms with Crippen LogP contribution in [0.25, 0.3) is 10.9 Å². The molecule has 0 aliphatic heterocycles. The molecule has 0 fully saturated rings. The average Bonchev–Trinajstić information content (AvgIpc) is 3.16. The molecule has 0 amide bonds. The molecule has 0 bridgehead atoms. The SMILES string of the molecule is O=[N+]([O-])C[C@H](c1ccc(OCc2ccc(Cl)cc2)cc1)c1c[nH]c2ccccc12. The number of nitrogens with zero attached hydrogens (tertiary/aromatic N) is 1. The molecule has 0 saturated carbocycles. The van der Waals surface area contributed by atoms with E-state index in [0.29, 0.717) is 17.4 Å². The molecular formula is C23H19ClN2O3. The van der Waals surface area contributed by atoms with Gasteiger partial charge in [-0.05, 0) is 47.0 Å². The van der Waals surface area contributed by atoms with Crippen molar-refractivity contribution in [2.75, 3.05) is 6.54 Å². The summed E-state index contributed by atoms with van der Waals surface area (Å²) in [7, 11) is 0. The monoisotopic (exact) mass is 406 g/mol. The number of ether oxygens (including phenoxy) is 1. The quantitative estimate of drug-likeness (QED) is 0.311. The summed E-state index contributed by atoms with van der Waals surface area (Å²) in [5, 5.41) is 13.0. The van der Waals surface area contributed by atoms with Crippen LogP contribution < -0.4 is 4.74 Å². The summed E-state index contributed by atoms with van der Waals surface area (Å²) in [6, 6.07) is 22.8. The van der Waals surface area contributed by atoms with Gasteiger partial charge < -0.3 is 9.72 Å². The lowest BCUT2D eigenvalue weighted by Gasteiger charge is -2.14. The van der Waals surface area contributed by atoms with E-state index < -0.39 is 0 Å². The number of aromatic nitrogens is 1. The van der Waals surface area contributed by atoms with Crippen molar-refractivity contribution in [1.82, 2.24) is 4.98 Å². The Bertz CT molecular complexity index is 1120. The first-order valence-electron chi connectivity index (χ1n) is 9.25. The summed E-state index contributed by atoms with van der Waals surface area (Å²) in [6.45, 7) is 0.254. The number of fused-ring (bicyclic) bond motifs is 1. The maximum absolute atomic E-state index is 11.3. The highest BCUT2D eigenvalue weighted by molar-refractivity contribution is 6.30. The maximum Gasteiger partial charge on any atom is 0.214 e. The van der Waals surface area contributed by atoms with Gasteiger partial charge in [0.15, 0.2) is 0 Å². The fourth-order valence-corrected chi connectivity index (χ4v) is 3.58. The lowest BCUT2D eigenvalue weighted by Crippen LogP contribution is -2.13. The van der Waals surface area contributed by atoms with Crippen LogP contribution in [0, 0.1) is 10.1 Å². The molecule has 0 saturated heterocycles. The van der Waals surface area contributed by atoms with Crippen molar-refractivity contribution in [2.24, 2.45) is 0 Å². The number of benzene rings is 3. The Morgan fingerprint density at radius 3 is 2.45 bits per heavy atom. The second-order valence-corrected chi connectivity index (χ2v) is 7.28. The second-order valence-electron chi connectivity index (χ2n) is 6.84. The topological polar surface area (TPSA) is 68.2 Å². The summed E-state index contributed by atoms with van der Waals surface area (Å²) in [5.41, 5.74) is 3.79. The van der Waals surface area contributed by atoms with Crippen LogP contribution in [0.5, 0.6) is 5.75 Å². The smallest absolute Gasteiger partial charge is 0.214 e. The van der Waals surface area contributed by atoms with E-state index in [2.05, 4.69) is 4.98 Å². The van der Waals surface area contributed by atoms with E-state index in [4.69, 9.17) is 16.3 Å². The molecule has 1 N–H and O–H groups in total. The molecule has 4 rings (SSSR count). The van der Waals surface area contributed by atoms with Crippen molar-refractivity contribution >= 4 is 22.5 Å². The van der Waals surface area contributed by atoms with Gasteiger partial charge in [0.1, 0.15) is 12.4 Å². The fourth-order valence-electron chi connectivity index (χ4n) is 3.46. The number of rotatable bonds is 7. The van der Waals surface area contributed by atoms with Gasteiger partial charge in [-0.2, -0.15) is 0 Å². The molecule has 1 aromatic heterocycles. The first-order valence-corrected chi connectivity index (χ1v) is 9.63. The summed E-state index contributed by atoms with van der Waals surface area (Å²) in [6.07, 6.45) is 1.86. The molecule has 1 atom stereocenters. The Balaban J connectivity index is 1.55. The molecule has 3 aromatic carbocycles. The number of H-pyrrole nitrogens is 1. The third-order valence-electron chi connectivity index (χ3n) is 4.93. The van der Waals surface area contributed by atoms with Gasteiger partial charge in [0, 0.05) is 27.0 Å². The number of hydrogen-bond donors (Lipinski definition) is 1. The number of para-hydroxylation sites is 1. The van der Waals surface area contributed by atoms with Crippen LogP contribution in [0.3, 0.4) is 0 Å². The first-order chi connectivity index (χ1) is 14.1. The van der Waals surface area contributed by atoms with Gasteiger partial charge in [-0.15, -0.1) is 0 Å². The molecule has 29 heavy (non-hydrogen) atoms. The zero-order valence-corrected chi connectivity index (χ0v) is 16.3. The third kappa shape index (κ3) is 4.41. The van der Waals surface area contributed by atoms with E-state index in [1.54, 1.807) is 0 Å². The van der Waals surface area contributed by atoms with E-state index in [0.717, 1.165) is 27.6 Å². The average molecular weight is 407 g/mol. The van der Waals surface area contributed by atoms with E-state index in [9.17, 15) is 10.1 Å². The van der Waals surface area contributed by atoms with Gasteiger partial charge >= 0.3 is 0 Å². The van der Waals surface area contributed by atoms with Crippen molar-refractivity contribution in [3.63, 3.8) is 0 Å². The number of nitrogens with one attached hydrogen (secondary N) is 1. The van der Waals surface area contributed by atoms with Crippen molar-refractivity contribution in [1.29, 1.82) is 0 Å². The van der Waals surface area contributed by atoms with Crippen LogP contribution in [0.2, 0.25) is 5.02 Å². The van der Waals surface area contributed by atoms with Gasteiger partial charge in [0.25, 0.3) is 0 Å². The standard InChI is InChI=1S/C23H19ClN2O3/c24-18-9-5-16(6-10-18)15-29-19-11-7-17(8-12-19)22(14-26(27)28)21-13-25-23-4-2-1-3-20(21)23/h1-13,22,25H,14-15H2/t22-/m1/s1. The lowest BCUT2D eigenvalue weighted by atomic mass is 9.91. The number of aromatic amines is 1. The van der Waals surface area contributed by atoms with E-state index >= 15 is 0 Å². The van der Waals surface area contributed by atoms with Crippen LogP contribution in [-0.4, -0.2) is 16.5 Å². The molecule has 146 valence electrons. The maximum atomic E-state index is 11.3. The van der Waals surface area contributed by atoms with Crippen molar-refractivity contribution in [3.05, 3.63) is 111 Å². The summed E-state index contributed by atoms with van der Waals surface area (Å²) < 4.78 is 5.83. The molecule has 0 aliphatic rings. The summed E-state index contributed by atoms with van der Waals surface area (Å²) in [5.74, 6) is 0.369.